The van der Waals surface area contributed by atoms with Gasteiger partial charge in [-0.3, -0.25) is 14.2 Å². The van der Waals surface area contributed by atoms with E-state index in [1.807, 2.05) is 0 Å². The highest BCUT2D eigenvalue weighted by atomic mass is 16.5. The van der Waals surface area contributed by atoms with E-state index in [0.717, 1.165) is 0 Å². The highest BCUT2D eigenvalue weighted by molar-refractivity contribution is 6.26. The maximum atomic E-state index is 12.5. The Hall–Kier alpha value is -3.09. The third kappa shape index (κ3) is 2.17. The number of esters is 2. The monoisotopic (exact) mass is 315 g/mol. The molecule has 1 aliphatic rings. The number of methoxy groups -OCH3 is 2. The number of hydrogen-bond acceptors (Lipinski definition) is 6. The zero-order valence-corrected chi connectivity index (χ0v) is 12.7. The lowest BCUT2D eigenvalue weighted by Gasteiger charge is -2.04. The Morgan fingerprint density at radius 1 is 1.17 bits per heavy atom. The molecule has 1 aromatic carbocycles. The van der Waals surface area contributed by atoms with Crippen LogP contribution >= 0.6 is 0 Å². The van der Waals surface area contributed by atoms with Gasteiger partial charge in [-0.2, -0.15) is 0 Å². The van der Waals surface area contributed by atoms with Crippen molar-refractivity contribution in [1.82, 2.24) is 4.57 Å². The lowest BCUT2D eigenvalue weighted by molar-refractivity contribution is -0.135. The maximum absolute atomic E-state index is 12.5. The molecule has 23 heavy (non-hydrogen) atoms. The van der Waals surface area contributed by atoms with Crippen molar-refractivity contribution in [2.75, 3.05) is 14.2 Å². The molecule has 0 N–H and O–H groups in total. The van der Waals surface area contributed by atoms with Crippen LogP contribution in [0.1, 0.15) is 17.4 Å². The quantitative estimate of drug-likeness (QED) is 0.634. The van der Waals surface area contributed by atoms with Crippen molar-refractivity contribution in [3.05, 3.63) is 29.5 Å². The molecular formula is C16H13NO6. The van der Waals surface area contributed by atoms with Crippen LogP contribution in [0.5, 0.6) is 11.5 Å². The van der Waals surface area contributed by atoms with Crippen molar-refractivity contribution in [3.63, 3.8) is 0 Å². The summed E-state index contributed by atoms with van der Waals surface area (Å²) in [5, 5.41) is 0.545. The normalized spacial score (nSPS) is 12.8. The molecular weight excluding hydrogens is 302 g/mol. The van der Waals surface area contributed by atoms with Gasteiger partial charge < -0.3 is 14.2 Å². The Morgan fingerprint density at radius 2 is 1.91 bits per heavy atom. The summed E-state index contributed by atoms with van der Waals surface area (Å²) in [6.45, 7) is 1.26. The second kappa shape index (κ2) is 5.28. The molecule has 0 saturated carbocycles. The SMILES string of the molecule is COC(=O)C1=Cc2c(OC(C)=O)c3cc(OC)ccc3n2C1=O. The van der Waals surface area contributed by atoms with Gasteiger partial charge in [0.1, 0.15) is 11.3 Å². The largest absolute Gasteiger partial charge is 0.497 e. The molecule has 1 aromatic heterocycles. The lowest BCUT2D eigenvalue weighted by atomic mass is 10.2. The van der Waals surface area contributed by atoms with E-state index in [4.69, 9.17) is 9.47 Å². The molecule has 1 aliphatic heterocycles. The van der Waals surface area contributed by atoms with E-state index in [0.29, 0.717) is 22.3 Å². The third-order valence-corrected chi connectivity index (χ3v) is 3.53. The number of fused-ring (bicyclic) bond motifs is 3. The summed E-state index contributed by atoms with van der Waals surface area (Å²) in [5.74, 6) is -1.04. The molecule has 0 amide bonds. The predicted octanol–water partition coefficient (Wildman–Crippen LogP) is 1.79. The minimum absolute atomic E-state index is 0.117. The molecule has 118 valence electrons. The van der Waals surface area contributed by atoms with Crippen LogP contribution in [0.4, 0.5) is 0 Å². The van der Waals surface area contributed by atoms with Crippen molar-refractivity contribution < 1.29 is 28.6 Å². The van der Waals surface area contributed by atoms with E-state index in [9.17, 15) is 14.4 Å². The molecule has 0 saturated heterocycles. The average Bonchev–Trinajstić information content (AvgIpc) is 3.02. The van der Waals surface area contributed by atoms with E-state index in [-0.39, 0.29) is 11.3 Å². The van der Waals surface area contributed by atoms with Gasteiger partial charge in [0.05, 0.1) is 25.4 Å². The topological polar surface area (TPSA) is 83.8 Å². The Morgan fingerprint density at radius 3 is 2.52 bits per heavy atom. The van der Waals surface area contributed by atoms with E-state index in [1.54, 1.807) is 18.2 Å². The average molecular weight is 315 g/mol. The fraction of sp³-hybridized carbons (Fsp3) is 0.188. The fourth-order valence-corrected chi connectivity index (χ4v) is 2.56. The van der Waals surface area contributed by atoms with Gasteiger partial charge in [-0.05, 0) is 24.3 Å². The standard InChI is InChI=1S/C16H13NO6/c1-8(18)23-14-10-6-9(21-2)4-5-12(10)17-13(14)7-11(15(17)19)16(20)22-3/h4-7H,1-3H3. The van der Waals surface area contributed by atoms with Crippen LogP contribution in [0.15, 0.2) is 23.8 Å². The Bertz CT molecular complexity index is 890. The highest BCUT2D eigenvalue weighted by Crippen LogP contribution is 2.40. The van der Waals surface area contributed by atoms with Gasteiger partial charge >= 0.3 is 11.9 Å². The number of rotatable bonds is 3. The summed E-state index contributed by atoms with van der Waals surface area (Å²) in [5.41, 5.74) is 0.722. The maximum Gasteiger partial charge on any atom is 0.343 e. The first-order valence-electron chi connectivity index (χ1n) is 6.73. The molecule has 0 unspecified atom stereocenters. The van der Waals surface area contributed by atoms with Gasteiger partial charge in [0.25, 0.3) is 5.91 Å². The van der Waals surface area contributed by atoms with Crippen LogP contribution in [-0.4, -0.2) is 36.6 Å². The van der Waals surface area contributed by atoms with Crippen molar-refractivity contribution in [1.29, 1.82) is 0 Å². The number of carbonyl (C=O) groups is 3. The Balaban J connectivity index is 2.29. The van der Waals surface area contributed by atoms with Gasteiger partial charge in [-0.1, -0.05) is 0 Å². The van der Waals surface area contributed by atoms with Crippen LogP contribution < -0.4 is 9.47 Å². The lowest BCUT2D eigenvalue weighted by Crippen LogP contribution is -2.16. The first kappa shape index (κ1) is 14.8. The fourth-order valence-electron chi connectivity index (χ4n) is 2.56. The summed E-state index contributed by atoms with van der Waals surface area (Å²) >= 11 is 0. The number of carbonyl (C=O) groups excluding carboxylic acids is 3. The zero-order chi connectivity index (χ0) is 16.7. The summed E-state index contributed by atoms with van der Waals surface area (Å²) in [6, 6.07) is 5.01. The van der Waals surface area contributed by atoms with Crippen LogP contribution in [-0.2, 0) is 14.3 Å². The van der Waals surface area contributed by atoms with Crippen LogP contribution in [0, 0.1) is 0 Å². The van der Waals surface area contributed by atoms with E-state index < -0.39 is 17.8 Å². The van der Waals surface area contributed by atoms with E-state index >= 15 is 0 Å². The molecule has 0 bridgehead atoms. The first-order valence-corrected chi connectivity index (χ1v) is 6.73. The number of nitrogens with zero attached hydrogens (tertiary/aromatic N) is 1. The van der Waals surface area contributed by atoms with E-state index in [2.05, 4.69) is 4.74 Å². The number of benzene rings is 1. The number of hydrogen-bond donors (Lipinski definition) is 0. The molecule has 2 heterocycles. The van der Waals surface area contributed by atoms with Crippen LogP contribution in [0.3, 0.4) is 0 Å². The molecule has 7 nitrogen and oxygen atoms in total. The molecule has 0 aliphatic carbocycles. The van der Waals surface area contributed by atoms with Crippen LogP contribution in [0.25, 0.3) is 17.0 Å². The predicted molar refractivity (Wildman–Crippen MR) is 80.4 cm³/mol. The minimum Gasteiger partial charge on any atom is -0.497 e. The summed E-state index contributed by atoms with van der Waals surface area (Å²) in [4.78, 5) is 35.6. The summed E-state index contributed by atoms with van der Waals surface area (Å²) in [7, 11) is 2.71. The first-order chi connectivity index (χ1) is 11.0. The van der Waals surface area contributed by atoms with Crippen molar-refractivity contribution in [3.8, 4) is 11.5 Å². The highest BCUT2D eigenvalue weighted by Gasteiger charge is 2.34. The molecule has 0 fully saturated rings. The molecule has 0 spiro atoms. The molecule has 2 aromatic rings. The summed E-state index contributed by atoms with van der Waals surface area (Å²) in [6.07, 6.45) is 1.36. The van der Waals surface area contributed by atoms with Crippen LogP contribution in [0.2, 0.25) is 0 Å². The van der Waals surface area contributed by atoms with Gasteiger partial charge in [0, 0.05) is 12.3 Å². The zero-order valence-electron chi connectivity index (χ0n) is 12.7. The molecule has 3 rings (SSSR count). The molecule has 0 atom stereocenters. The van der Waals surface area contributed by atoms with E-state index in [1.165, 1.54) is 31.8 Å². The van der Waals surface area contributed by atoms with Crippen molar-refractivity contribution in [2.24, 2.45) is 0 Å². The van der Waals surface area contributed by atoms with Gasteiger partial charge in [-0.15, -0.1) is 0 Å². The smallest absolute Gasteiger partial charge is 0.343 e. The number of aromatic nitrogens is 1. The molecule has 7 heteroatoms. The minimum atomic E-state index is -0.742. The summed E-state index contributed by atoms with van der Waals surface area (Å²) < 4.78 is 16.3. The number of ether oxygens (including phenoxy) is 3. The van der Waals surface area contributed by atoms with Gasteiger partial charge in [-0.25, -0.2) is 4.79 Å². The molecule has 0 radical (unpaired) electrons. The Kier molecular flexibility index (Phi) is 3.40. The van der Waals surface area contributed by atoms with Crippen molar-refractivity contribution in [2.45, 2.75) is 6.92 Å². The second-order valence-electron chi connectivity index (χ2n) is 4.88. The van der Waals surface area contributed by atoms with Gasteiger partial charge in [0.15, 0.2) is 5.75 Å². The second-order valence-corrected chi connectivity index (χ2v) is 4.88. The Labute approximate surface area is 131 Å². The van der Waals surface area contributed by atoms with Crippen molar-refractivity contribution >= 4 is 34.8 Å². The van der Waals surface area contributed by atoms with Gasteiger partial charge in [0.2, 0.25) is 0 Å². The third-order valence-electron chi connectivity index (χ3n) is 3.53.